The lowest BCUT2D eigenvalue weighted by Gasteiger charge is -2.21. The minimum atomic E-state index is -3.71. The van der Waals surface area contributed by atoms with Gasteiger partial charge in [-0.3, -0.25) is 4.79 Å². The molecular weight excluding hydrogens is 344 g/mol. The zero-order valence-electron chi connectivity index (χ0n) is 14.2. The van der Waals surface area contributed by atoms with Gasteiger partial charge in [0.15, 0.2) is 0 Å². The summed E-state index contributed by atoms with van der Waals surface area (Å²) in [5.74, 6) is -0.556. The van der Waals surface area contributed by atoms with Crippen LogP contribution in [0.1, 0.15) is 25.0 Å². The Kier molecular flexibility index (Phi) is 5.79. The Morgan fingerprint density at radius 3 is 2.38 bits per heavy atom. The van der Waals surface area contributed by atoms with Crippen molar-refractivity contribution in [3.8, 4) is 0 Å². The van der Waals surface area contributed by atoms with Gasteiger partial charge in [-0.25, -0.2) is 8.42 Å². The molecule has 0 unspecified atom stereocenters. The third-order valence-electron chi connectivity index (χ3n) is 3.77. The Labute approximate surface area is 147 Å². The van der Waals surface area contributed by atoms with Crippen molar-refractivity contribution in [2.75, 3.05) is 5.32 Å². The molecule has 2 N–H and O–H groups in total. The summed E-state index contributed by atoms with van der Waals surface area (Å²) in [6, 6.07) is 7.94. The molecule has 0 bridgehead atoms. The van der Waals surface area contributed by atoms with E-state index in [0.29, 0.717) is 5.69 Å². The van der Waals surface area contributed by atoms with Gasteiger partial charge in [0.25, 0.3) is 10.0 Å². The molecule has 1 heterocycles. The number of hydrogen-bond donors (Lipinski definition) is 2. The van der Waals surface area contributed by atoms with Crippen LogP contribution in [0.4, 0.5) is 5.69 Å². The molecule has 0 aliphatic heterocycles. The van der Waals surface area contributed by atoms with Crippen LogP contribution in [0.5, 0.6) is 0 Å². The van der Waals surface area contributed by atoms with Crippen molar-refractivity contribution >= 4 is 33.0 Å². The zero-order valence-corrected chi connectivity index (χ0v) is 15.8. The van der Waals surface area contributed by atoms with Gasteiger partial charge in [0.1, 0.15) is 10.3 Å². The van der Waals surface area contributed by atoms with Gasteiger partial charge in [0, 0.05) is 5.69 Å². The van der Waals surface area contributed by atoms with E-state index in [1.54, 1.807) is 11.4 Å². The molecule has 0 saturated heterocycles. The SMILES string of the molecule is Cc1ccc(NC(=O)[C@H](NS(=O)(=O)c2cccs2)C(C)C)cc1C. The Balaban J connectivity index is 2.18. The normalized spacial score (nSPS) is 13.0. The predicted octanol–water partition coefficient (Wildman–Crippen LogP) is 3.31. The number of sulfonamides is 1. The smallest absolute Gasteiger partial charge is 0.250 e. The van der Waals surface area contributed by atoms with Crippen LogP contribution in [0.3, 0.4) is 0 Å². The van der Waals surface area contributed by atoms with Crippen LogP contribution in [-0.2, 0) is 14.8 Å². The fraction of sp³-hybridized carbons (Fsp3) is 0.353. The highest BCUT2D eigenvalue weighted by Crippen LogP contribution is 2.19. The van der Waals surface area contributed by atoms with Crippen molar-refractivity contribution in [1.29, 1.82) is 0 Å². The van der Waals surface area contributed by atoms with Crippen molar-refractivity contribution in [2.45, 2.75) is 37.9 Å². The van der Waals surface area contributed by atoms with Crippen LogP contribution in [0.2, 0.25) is 0 Å². The van der Waals surface area contributed by atoms with E-state index in [4.69, 9.17) is 0 Å². The lowest BCUT2D eigenvalue weighted by Crippen LogP contribution is -2.46. The summed E-state index contributed by atoms with van der Waals surface area (Å²) in [6.07, 6.45) is 0. The van der Waals surface area contributed by atoms with E-state index in [1.165, 1.54) is 6.07 Å². The number of thiophene rings is 1. The van der Waals surface area contributed by atoms with Gasteiger partial charge in [0.05, 0.1) is 0 Å². The first kappa shape index (κ1) is 18.6. The quantitative estimate of drug-likeness (QED) is 0.823. The fourth-order valence-electron chi connectivity index (χ4n) is 2.17. The highest BCUT2D eigenvalue weighted by Gasteiger charge is 2.29. The molecular formula is C17H22N2O3S2. The Morgan fingerprint density at radius 1 is 1.12 bits per heavy atom. The number of hydrogen-bond acceptors (Lipinski definition) is 4. The number of carbonyl (C=O) groups excluding carboxylic acids is 1. The van der Waals surface area contributed by atoms with E-state index < -0.39 is 16.1 Å². The molecule has 0 radical (unpaired) electrons. The molecule has 1 aromatic carbocycles. The molecule has 1 amide bonds. The number of carbonyl (C=O) groups is 1. The maximum Gasteiger partial charge on any atom is 0.250 e. The van der Waals surface area contributed by atoms with Crippen molar-refractivity contribution in [2.24, 2.45) is 5.92 Å². The topological polar surface area (TPSA) is 75.3 Å². The number of amides is 1. The predicted molar refractivity (Wildman–Crippen MR) is 97.8 cm³/mol. The van der Waals surface area contributed by atoms with E-state index >= 15 is 0 Å². The number of aryl methyl sites for hydroxylation is 2. The fourth-order valence-corrected chi connectivity index (χ4v) is 4.53. The van der Waals surface area contributed by atoms with Crippen LogP contribution in [0.15, 0.2) is 39.9 Å². The van der Waals surface area contributed by atoms with Crippen LogP contribution < -0.4 is 10.0 Å². The minimum Gasteiger partial charge on any atom is -0.325 e. The standard InChI is InChI=1S/C17H22N2O3S2/c1-11(2)16(19-24(21,22)15-6-5-9-23-15)17(20)18-14-8-7-12(3)13(4)10-14/h5-11,16,19H,1-4H3,(H,18,20)/t16-/m1/s1. The van der Waals surface area contributed by atoms with Crippen molar-refractivity contribution < 1.29 is 13.2 Å². The highest BCUT2D eigenvalue weighted by molar-refractivity contribution is 7.91. The van der Waals surface area contributed by atoms with Gasteiger partial charge in [-0.05, 0) is 54.5 Å². The lowest BCUT2D eigenvalue weighted by molar-refractivity contribution is -0.118. The molecule has 130 valence electrons. The second-order valence-corrected chi connectivity index (χ2v) is 8.95. The van der Waals surface area contributed by atoms with Gasteiger partial charge in [-0.1, -0.05) is 26.0 Å². The van der Waals surface area contributed by atoms with Crippen molar-refractivity contribution in [3.05, 3.63) is 46.8 Å². The number of anilines is 1. The molecule has 0 saturated carbocycles. The maximum absolute atomic E-state index is 12.6. The van der Waals surface area contributed by atoms with Crippen molar-refractivity contribution in [1.82, 2.24) is 4.72 Å². The second kappa shape index (κ2) is 7.46. The third-order valence-corrected chi connectivity index (χ3v) is 6.60. The Hall–Kier alpha value is -1.70. The average Bonchev–Trinajstić information content (AvgIpc) is 3.03. The van der Waals surface area contributed by atoms with E-state index in [1.807, 2.05) is 45.9 Å². The molecule has 0 aliphatic rings. The van der Waals surface area contributed by atoms with E-state index in [-0.39, 0.29) is 16.0 Å². The molecule has 0 spiro atoms. The molecule has 2 aromatic rings. The first-order valence-electron chi connectivity index (χ1n) is 7.64. The molecule has 24 heavy (non-hydrogen) atoms. The minimum absolute atomic E-state index is 0.189. The summed E-state index contributed by atoms with van der Waals surface area (Å²) in [6.45, 7) is 7.57. The number of rotatable bonds is 6. The largest absolute Gasteiger partial charge is 0.325 e. The summed E-state index contributed by atoms with van der Waals surface area (Å²) in [5, 5.41) is 4.49. The van der Waals surface area contributed by atoms with Crippen molar-refractivity contribution in [3.63, 3.8) is 0 Å². The summed E-state index contributed by atoms with van der Waals surface area (Å²) >= 11 is 1.12. The number of nitrogens with one attached hydrogen (secondary N) is 2. The van der Waals surface area contributed by atoms with Crippen LogP contribution >= 0.6 is 11.3 Å². The lowest BCUT2D eigenvalue weighted by atomic mass is 10.0. The van der Waals surface area contributed by atoms with Gasteiger partial charge >= 0.3 is 0 Å². The molecule has 5 nitrogen and oxygen atoms in total. The second-order valence-electron chi connectivity index (χ2n) is 6.06. The van der Waals surface area contributed by atoms with Gasteiger partial charge < -0.3 is 5.32 Å². The summed E-state index contributed by atoms with van der Waals surface area (Å²) in [7, 11) is -3.71. The van der Waals surface area contributed by atoms with Crippen LogP contribution in [-0.4, -0.2) is 20.4 Å². The van der Waals surface area contributed by atoms with Crippen LogP contribution in [0, 0.1) is 19.8 Å². The van der Waals surface area contributed by atoms with E-state index in [0.717, 1.165) is 22.5 Å². The van der Waals surface area contributed by atoms with Gasteiger partial charge in [-0.15, -0.1) is 11.3 Å². The Morgan fingerprint density at radius 2 is 1.83 bits per heavy atom. The van der Waals surface area contributed by atoms with Crippen LogP contribution in [0.25, 0.3) is 0 Å². The molecule has 2 rings (SSSR count). The molecule has 0 aliphatic carbocycles. The summed E-state index contributed by atoms with van der Waals surface area (Å²) in [5.41, 5.74) is 2.85. The molecule has 7 heteroatoms. The first-order chi connectivity index (χ1) is 11.2. The summed E-state index contributed by atoms with van der Waals surface area (Å²) in [4.78, 5) is 12.6. The monoisotopic (exact) mass is 366 g/mol. The molecule has 1 atom stereocenters. The molecule has 1 aromatic heterocycles. The molecule has 0 fully saturated rings. The van der Waals surface area contributed by atoms with E-state index in [9.17, 15) is 13.2 Å². The Bertz CT molecular complexity index is 812. The first-order valence-corrected chi connectivity index (χ1v) is 10.0. The van der Waals surface area contributed by atoms with Gasteiger partial charge in [-0.2, -0.15) is 4.72 Å². The van der Waals surface area contributed by atoms with Gasteiger partial charge in [0.2, 0.25) is 5.91 Å². The zero-order chi connectivity index (χ0) is 17.9. The average molecular weight is 367 g/mol. The summed E-state index contributed by atoms with van der Waals surface area (Å²) < 4.78 is 27.5. The number of benzene rings is 1. The van der Waals surface area contributed by atoms with E-state index in [2.05, 4.69) is 10.0 Å². The highest BCUT2D eigenvalue weighted by atomic mass is 32.2. The third kappa shape index (κ3) is 4.43. The maximum atomic E-state index is 12.6.